The maximum Gasteiger partial charge on any atom is 0.252 e. The summed E-state index contributed by atoms with van der Waals surface area (Å²) in [6.45, 7) is 2.88. The van der Waals surface area contributed by atoms with E-state index in [-0.39, 0.29) is 22.4 Å². The number of rotatable bonds is 6. The Morgan fingerprint density at radius 2 is 1.64 bits per heavy atom. The molecule has 0 atom stereocenters. The van der Waals surface area contributed by atoms with Gasteiger partial charge in [0.05, 0.1) is 19.6 Å². The molecular formula is C18H21N3O5S2. The van der Waals surface area contributed by atoms with Gasteiger partial charge in [0.15, 0.2) is 0 Å². The van der Waals surface area contributed by atoms with Crippen LogP contribution in [-0.2, 0) is 30.8 Å². The van der Waals surface area contributed by atoms with E-state index in [2.05, 4.69) is 10.6 Å². The Kier molecular flexibility index (Phi) is 6.45. The van der Waals surface area contributed by atoms with Gasteiger partial charge in [-0.3, -0.25) is 9.59 Å². The topological polar surface area (TPSA) is 105 Å². The fourth-order valence-electron chi connectivity index (χ4n) is 2.71. The van der Waals surface area contributed by atoms with E-state index in [0.29, 0.717) is 42.6 Å². The molecule has 150 valence electrons. The second-order valence-electron chi connectivity index (χ2n) is 6.22. The molecule has 0 radical (unpaired) electrons. The summed E-state index contributed by atoms with van der Waals surface area (Å²) >= 11 is 1.10. The lowest BCUT2D eigenvalue weighted by atomic mass is 10.2. The van der Waals surface area contributed by atoms with Gasteiger partial charge in [-0.15, -0.1) is 11.3 Å². The molecule has 2 N–H and O–H groups in total. The Hall–Kier alpha value is -2.27. The van der Waals surface area contributed by atoms with Crippen LogP contribution in [0.15, 0.2) is 40.6 Å². The first-order valence-corrected chi connectivity index (χ1v) is 10.9. The van der Waals surface area contributed by atoms with Crippen molar-refractivity contribution < 1.29 is 22.7 Å². The lowest BCUT2D eigenvalue weighted by molar-refractivity contribution is -0.116. The molecule has 0 bridgehead atoms. The van der Waals surface area contributed by atoms with Crippen molar-refractivity contribution in [2.24, 2.45) is 0 Å². The van der Waals surface area contributed by atoms with Gasteiger partial charge in [-0.25, -0.2) is 8.42 Å². The maximum absolute atomic E-state index is 12.6. The number of carbonyl (C=O) groups is 2. The van der Waals surface area contributed by atoms with Gasteiger partial charge in [0, 0.05) is 36.3 Å². The number of hydrogen-bond acceptors (Lipinski definition) is 6. The van der Waals surface area contributed by atoms with Gasteiger partial charge in [-0.2, -0.15) is 4.31 Å². The summed E-state index contributed by atoms with van der Waals surface area (Å²) in [5.41, 5.74) is 1.23. The predicted octanol–water partition coefficient (Wildman–Crippen LogP) is 1.91. The molecule has 1 aromatic carbocycles. The highest BCUT2D eigenvalue weighted by atomic mass is 32.2. The third-order valence-corrected chi connectivity index (χ3v) is 7.48. The molecule has 2 aromatic rings. The fraction of sp³-hybridized carbons (Fsp3) is 0.333. The van der Waals surface area contributed by atoms with Crippen molar-refractivity contribution in [1.82, 2.24) is 4.31 Å². The molecule has 8 nitrogen and oxygen atoms in total. The number of nitrogens with one attached hydrogen (secondary N) is 2. The van der Waals surface area contributed by atoms with Gasteiger partial charge in [0.25, 0.3) is 10.0 Å². The van der Waals surface area contributed by atoms with Gasteiger partial charge in [-0.1, -0.05) is 0 Å². The summed E-state index contributed by atoms with van der Waals surface area (Å²) < 4.78 is 32.1. The summed E-state index contributed by atoms with van der Waals surface area (Å²) in [5, 5.41) is 5.41. The standard InChI is InChI=1S/C18H21N3O5S2/c1-13(22)19-14-2-4-15(5-3-14)20-17(23)12-16-6-7-18(27-16)28(24,25)21-8-10-26-11-9-21/h2-7H,8-12H2,1H3,(H,19,22)(H,20,23). The number of ether oxygens (including phenoxy) is 1. The van der Waals surface area contributed by atoms with E-state index < -0.39 is 10.0 Å². The average Bonchev–Trinajstić information content (AvgIpc) is 3.13. The summed E-state index contributed by atoms with van der Waals surface area (Å²) in [5.74, 6) is -0.415. The largest absolute Gasteiger partial charge is 0.379 e. The van der Waals surface area contributed by atoms with E-state index in [1.54, 1.807) is 36.4 Å². The van der Waals surface area contributed by atoms with E-state index in [9.17, 15) is 18.0 Å². The molecule has 10 heteroatoms. The van der Waals surface area contributed by atoms with E-state index >= 15 is 0 Å². The summed E-state index contributed by atoms with van der Waals surface area (Å²) in [6, 6.07) is 9.96. The van der Waals surface area contributed by atoms with E-state index in [1.807, 2.05) is 0 Å². The third kappa shape index (κ3) is 5.16. The molecule has 0 unspecified atom stereocenters. The van der Waals surface area contributed by atoms with E-state index in [4.69, 9.17) is 4.74 Å². The highest BCUT2D eigenvalue weighted by molar-refractivity contribution is 7.91. The van der Waals surface area contributed by atoms with Gasteiger partial charge in [0.1, 0.15) is 4.21 Å². The molecule has 1 aliphatic heterocycles. The van der Waals surface area contributed by atoms with Crippen LogP contribution >= 0.6 is 11.3 Å². The lowest BCUT2D eigenvalue weighted by Crippen LogP contribution is -2.40. The molecule has 1 fully saturated rings. The highest BCUT2D eigenvalue weighted by Crippen LogP contribution is 2.26. The SMILES string of the molecule is CC(=O)Nc1ccc(NC(=O)Cc2ccc(S(=O)(=O)N3CCOCC3)s2)cc1. The number of benzene rings is 1. The minimum absolute atomic E-state index is 0.0801. The quantitative estimate of drug-likeness (QED) is 0.739. The summed E-state index contributed by atoms with van der Waals surface area (Å²) in [4.78, 5) is 23.9. The van der Waals surface area contributed by atoms with Crippen molar-refractivity contribution in [2.45, 2.75) is 17.6 Å². The second kappa shape index (κ2) is 8.82. The molecule has 0 saturated carbocycles. The van der Waals surface area contributed by atoms with Gasteiger partial charge in [0.2, 0.25) is 11.8 Å². The Morgan fingerprint density at radius 1 is 1.04 bits per heavy atom. The highest BCUT2D eigenvalue weighted by Gasteiger charge is 2.27. The molecule has 3 rings (SSSR count). The minimum atomic E-state index is -3.54. The molecule has 2 amide bonds. The Labute approximate surface area is 167 Å². The average molecular weight is 424 g/mol. The van der Waals surface area contributed by atoms with Crippen LogP contribution in [0.5, 0.6) is 0 Å². The molecule has 28 heavy (non-hydrogen) atoms. The smallest absolute Gasteiger partial charge is 0.252 e. The molecule has 0 aliphatic carbocycles. The number of thiophene rings is 1. The van der Waals surface area contributed by atoms with Crippen molar-refractivity contribution in [3.05, 3.63) is 41.3 Å². The minimum Gasteiger partial charge on any atom is -0.379 e. The van der Waals surface area contributed by atoms with Crippen LogP contribution in [0.4, 0.5) is 11.4 Å². The summed E-state index contributed by atoms with van der Waals surface area (Å²) in [6.07, 6.45) is 0.0801. The zero-order valence-corrected chi connectivity index (χ0v) is 16.9. The summed E-state index contributed by atoms with van der Waals surface area (Å²) in [7, 11) is -3.54. The molecule has 1 aromatic heterocycles. The number of carbonyl (C=O) groups excluding carboxylic acids is 2. The van der Waals surface area contributed by atoms with E-state index in [1.165, 1.54) is 11.2 Å². The zero-order valence-electron chi connectivity index (χ0n) is 15.3. The molecule has 2 heterocycles. The predicted molar refractivity (Wildman–Crippen MR) is 107 cm³/mol. The van der Waals surface area contributed by atoms with E-state index in [0.717, 1.165) is 11.3 Å². The van der Waals surface area contributed by atoms with Gasteiger partial charge >= 0.3 is 0 Å². The number of morpholine rings is 1. The van der Waals surface area contributed by atoms with Crippen molar-refractivity contribution in [3.8, 4) is 0 Å². The zero-order chi connectivity index (χ0) is 20.1. The number of nitrogens with zero attached hydrogens (tertiary/aromatic N) is 1. The maximum atomic E-state index is 12.6. The normalized spacial score (nSPS) is 15.2. The van der Waals surface area contributed by atoms with Crippen LogP contribution in [-0.4, -0.2) is 50.8 Å². The monoisotopic (exact) mass is 423 g/mol. The lowest BCUT2D eigenvalue weighted by Gasteiger charge is -2.25. The molecule has 1 saturated heterocycles. The molecule has 1 aliphatic rings. The number of anilines is 2. The molecular weight excluding hydrogens is 402 g/mol. The number of hydrogen-bond donors (Lipinski definition) is 2. The fourth-order valence-corrected chi connectivity index (χ4v) is 5.63. The van der Waals surface area contributed by atoms with Crippen LogP contribution in [0, 0.1) is 0 Å². The first-order chi connectivity index (χ1) is 13.3. The van der Waals surface area contributed by atoms with Crippen LogP contribution in [0.3, 0.4) is 0 Å². The second-order valence-corrected chi connectivity index (χ2v) is 9.55. The Morgan fingerprint density at radius 3 is 2.25 bits per heavy atom. The van der Waals surface area contributed by atoms with Gasteiger partial charge < -0.3 is 15.4 Å². The van der Waals surface area contributed by atoms with Crippen LogP contribution in [0.25, 0.3) is 0 Å². The van der Waals surface area contributed by atoms with Crippen LogP contribution < -0.4 is 10.6 Å². The Bertz CT molecular complexity index is 948. The van der Waals surface area contributed by atoms with Crippen molar-refractivity contribution >= 4 is 44.5 Å². The van der Waals surface area contributed by atoms with Crippen molar-refractivity contribution in [3.63, 3.8) is 0 Å². The van der Waals surface area contributed by atoms with Crippen molar-refractivity contribution in [1.29, 1.82) is 0 Å². The number of amides is 2. The van der Waals surface area contributed by atoms with Crippen LogP contribution in [0.2, 0.25) is 0 Å². The number of sulfonamides is 1. The van der Waals surface area contributed by atoms with Crippen molar-refractivity contribution in [2.75, 3.05) is 36.9 Å². The van der Waals surface area contributed by atoms with Crippen LogP contribution in [0.1, 0.15) is 11.8 Å². The first-order valence-electron chi connectivity index (χ1n) is 8.69. The molecule has 0 spiro atoms. The first kappa shape index (κ1) is 20.5. The third-order valence-electron chi connectivity index (χ3n) is 4.03. The Balaban J connectivity index is 1.60. The van der Waals surface area contributed by atoms with Gasteiger partial charge in [-0.05, 0) is 36.4 Å².